The molecule has 39 heavy (non-hydrogen) atoms. The van der Waals surface area contributed by atoms with Crippen molar-refractivity contribution in [1.29, 1.82) is 0 Å². The minimum Gasteiger partial charge on any atom is -0.390 e. The average Bonchev–Trinajstić information content (AvgIpc) is 3.38. The van der Waals surface area contributed by atoms with Gasteiger partial charge in [-0.05, 0) is 32.4 Å². The molecule has 3 aromatic rings. The summed E-state index contributed by atoms with van der Waals surface area (Å²) in [6, 6.07) is 6.05. The lowest BCUT2D eigenvalue weighted by Gasteiger charge is -2.31. The van der Waals surface area contributed by atoms with Gasteiger partial charge in [-0.3, -0.25) is 0 Å². The van der Waals surface area contributed by atoms with Crippen LogP contribution < -0.4 is 10.6 Å². The van der Waals surface area contributed by atoms with Crippen molar-refractivity contribution in [3.05, 3.63) is 30.0 Å². The number of para-hydroxylation sites is 1. The lowest BCUT2D eigenvalue weighted by molar-refractivity contribution is -0.115. The SMILES string of the molecule is CCN(C(C)C1C[C@@H](Nc2nc(NCC(F)(F)F)nc(C)c2-c2nc3ccccc3s2)[C@H](O)[C@@H]1O)S(C)(=O)=O. The number of hydrogen-bond donors (Lipinski definition) is 4. The Bertz CT molecular complexity index is 1400. The number of sulfonamides is 1. The first-order valence-electron chi connectivity index (χ1n) is 12.3. The second-order valence-corrected chi connectivity index (χ2v) is 12.6. The molecule has 1 aliphatic carbocycles. The van der Waals surface area contributed by atoms with Gasteiger partial charge >= 0.3 is 6.18 Å². The fraction of sp³-hybridized carbons (Fsp3) is 0.542. The standard InChI is InChI=1S/C24H31F3N6O4S2/c1-5-33(39(4,36)37)13(3)14-10-16(20(35)19(14)34)30-21-18(22-31-15-8-6-7-9-17(15)38-22)12(2)29-23(32-21)28-11-24(25,26)27/h6-9,13-14,16,19-20,34-35H,5,10-11H2,1-4H3,(H2,28,29,30,32)/t13?,14?,16-,19-,20+/m1/s1. The molecule has 2 heterocycles. The maximum atomic E-state index is 12.9. The minimum absolute atomic E-state index is 0.145. The van der Waals surface area contributed by atoms with Crippen LogP contribution in [0.2, 0.25) is 0 Å². The number of benzene rings is 1. The number of halogens is 3. The molecule has 0 aliphatic heterocycles. The molecule has 5 atom stereocenters. The average molecular weight is 589 g/mol. The zero-order chi connectivity index (χ0) is 28.7. The number of nitrogens with zero attached hydrogens (tertiary/aromatic N) is 4. The van der Waals surface area contributed by atoms with E-state index in [9.17, 15) is 31.8 Å². The fourth-order valence-corrected chi connectivity index (χ4v) is 7.37. The van der Waals surface area contributed by atoms with Crippen LogP contribution in [-0.4, -0.2) is 87.7 Å². The number of aryl methyl sites for hydroxylation is 1. The highest BCUT2D eigenvalue weighted by atomic mass is 32.2. The Morgan fingerprint density at radius 2 is 1.87 bits per heavy atom. The van der Waals surface area contributed by atoms with E-state index in [1.807, 2.05) is 24.3 Å². The molecule has 1 aliphatic rings. The molecule has 0 saturated heterocycles. The van der Waals surface area contributed by atoms with E-state index in [-0.39, 0.29) is 24.7 Å². The van der Waals surface area contributed by atoms with Crippen LogP contribution in [0.25, 0.3) is 20.8 Å². The molecule has 0 amide bonds. The maximum absolute atomic E-state index is 12.9. The van der Waals surface area contributed by atoms with Crippen LogP contribution in [0.15, 0.2) is 24.3 Å². The Morgan fingerprint density at radius 3 is 2.49 bits per heavy atom. The topological polar surface area (TPSA) is 141 Å². The molecule has 1 fully saturated rings. The molecule has 4 N–H and O–H groups in total. The number of aliphatic hydroxyl groups is 2. The predicted octanol–water partition coefficient (Wildman–Crippen LogP) is 3.23. The van der Waals surface area contributed by atoms with Crippen LogP contribution in [0.1, 0.15) is 26.0 Å². The molecule has 4 rings (SSSR count). The molecule has 0 bridgehead atoms. The third kappa shape index (κ3) is 6.43. The summed E-state index contributed by atoms with van der Waals surface area (Å²) in [5.74, 6) is -0.723. The van der Waals surface area contributed by atoms with Gasteiger partial charge < -0.3 is 20.8 Å². The van der Waals surface area contributed by atoms with E-state index >= 15 is 0 Å². The van der Waals surface area contributed by atoms with Gasteiger partial charge in [0, 0.05) is 18.5 Å². The number of aromatic nitrogens is 3. The number of nitrogens with one attached hydrogen (secondary N) is 2. The predicted molar refractivity (Wildman–Crippen MR) is 144 cm³/mol. The second kappa shape index (κ2) is 11.1. The molecule has 2 unspecified atom stereocenters. The Kier molecular flexibility index (Phi) is 8.38. The van der Waals surface area contributed by atoms with E-state index in [0.717, 1.165) is 16.5 Å². The molecule has 0 radical (unpaired) electrons. The molecular weight excluding hydrogens is 557 g/mol. The lowest BCUT2D eigenvalue weighted by Crippen LogP contribution is -2.45. The van der Waals surface area contributed by atoms with Crippen molar-refractivity contribution in [2.75, 3.05) is 30.0 Å². The van der Waals surface area contributed by atoms with E-state index in [1.54, 1.807) is 20.8 Å². The van der Waals surface area contributed by atoms with Crippen LogP contribution in [0, 0.1) is 12.8 Å². The summed E-state index contributed by atoms with van der Waals surface area (Å²) < 4.78 is 65.3. The zero-order valence-electron chi connectivity index (χ0n) is 21.8. The fourth-order valence-electron chi connectivity index (χ4n) is 5.07. The van der Waals surface area contributed by atoms with Gasteiger partial charge in [-0.25, -0.2) is 18.4 Å². The quantitative estimate of drug-likeness (QED) is 0.297. The molecule has 1 aromatic carbocycles. The van der Waals surface area contributed by atoms with Gasteiger partial charge in [0.15, 0.2) is 0 Å². The van der Waals surface area contributed by atoms with E-state index in [2.05, 4.69) is 25.6 Å². The first kappa shape index (κ1) is 29.4. The van der Waals surface area contributed by atoms with Crippen LogP contribution in [0.3, 0.4) is 0 Å². The summed E-state index contributed by atoms with van der Waals surface area (Å²) in [7, 11) is -3.56. The number of thiazole rings is 1. The van der Waals surface area contributed by atoms with Crippen LogP contribution in [0.5, 0.6) is 0 Å². The lowest BCUT2D eigenvalue weighted by atomic mass is 9.97. The monoisotopic (exact) mass is 588 g/mol. The first-order chi connectivity index (χ1) is 18.2. The van der Waals surface area contributed by atoms with Crippen LogP contribution in [-0.2, 0) is 10.0 Å². The summed E-state index contributed by atoms with van der Waals surface area (Å²) in [6.45, 7) is 3.85. The molecule has 15 heteroatoms. The number of fused-ring (bicyclic) bond motifs is 1. The molecule has 1 saturated carbocycles. The van der Waals surface area contributed by atoms with Crippen molar-refractivity contribution in [3.8, 4) is 10.6 Å². The highest BCUT2D eigenvalue weighted by Crippen LogP contribution is 2.39. The number of hydrogen-bond acceptors (Lipinski definition) is 10. The second-order valence-electron chi connectivity index (χ2n) is 9.65. The third-order valence-electron chi connectivity index (χ3n) is 6.91. The highest BCUT2D eigenvalue weighted by molar-refractivity contribution is 7.88. The van der Waals surface area contributed by atoms with E-state index in [4.69, 9.17) is 0 Å². The summed E-state index contributed by atoms with van der Waals surface area (Å²) in [4.78, 5) is 13.2. The van der Waals surface area contributed by atoms with Gasteiger partial charge in [0.25, 0.3) is 0 Å². The Balaban J connectivity index is 1.70. The van der Waals surface area contributed by atoms with Crippen molar-refractivity contribution >= 4 is 43.3 Å². The van der Waals surface area contributed by atoms with Crippen LogP contribution in [0.4, 0.5) is 24.9 Å². The molecule has 2 aromatic heterocycles. The summed E-state index contributed by atoms with van der Waals surface area (Å²) >= 11 is 1.36. The number of rotatable bonds is 9. The number of alkyl halides is 3. The van der Waals surface area contributed by atoms with E-state index in [1.165, 1.54) is 15.6 Å². The highest BCUT2D eigenvalue weighted by Gasteiger charge is 2.46. The minimum atomic E-state index is -4.49. The van der Waals surface area contributed by atoms with Gasteiger partial charge in [-0.1, -0.05) is 19.1 Å². The molecule has 10 nitrogen and oxygen atoms in total. The summed E-state index contributed by atoms with van der Waals surface area (Å²) in [5, 5.41) is 27.6. The van der Waals surface area contributed by atoms with Crippen molar-refractivity contribution in [1.82, 2.24) is 19.3 Å². The smallest absolute Gasteiger partial charge is 0.390 e. The molecule has 214 valence electrons. The Hall–Kier alpha value is -2.59. The zero-order valence-corrected chi connectivity index (χ0v) is 23.4. The molecular formula is C24H31F3N6O4S2. The van der Waals surface area contributed by atoms with Crippen molar-refractivity contribution < 1.29 is 31.8 Å². The first-order valence-corrected chi connectivity index (χ1v) is 15.0. The van der Waals surface area contributed by atoms with Crippen molar-refractivity contribution in [2.24, 2.45) is 5.92 Å². The largest absolute Gasteiger partial charge is 0.405 e. The summed E-state index contributed by atoms with van der Waals surface area (Å²) in [6.07, 6.45) is -5.76. The maximum Gasteiger partial charge on any atom is 0.405 e. The van der Waals surface area contributed by atoms with Crippen LogP contribution >= 0.6 is 11.3 Å². The number of aliphatic hydroxyl groups excluding tert-OH is 2. The molecule has 0 spiro atoms. The van der Waals surface area contributed by atoms with Gasteiger partial charge in [0.1, 0.15) is 23.5 Å². The summed E-state index contributed by atoms with van der Waals surface area (Å²) in [5.41, 5.74) is 1.55. The Labute approximate surface area is 228 Å². The number of anilines is 2. The van der Waals surface area contributed by atoms with E-state index in [0.29, 0.717) is 16.3 Å². The van der Waals surface area contributed by atoms with Gasteiger partial charge in [0.05, 0.1) is 39.9 Å². The third-order valence-corrected chi connectivity index (χ3v) is 9.40. The van der Waals surface area contributed by atoms with E-state index < -0.39 is 53.0 Å². The van der Waals surface area contributed by atoms with Crippen molar-refractivity contribution in [2.45, 2.75) is 57.7 Å². The van der Waals surface area contributed by atoms with Gasteiger partial charge in [-0.15, -0.1) is 11.3 Å². The van der Waals surface area contributed by atoms with Gasteiger partial charge in [0.2, 0.25) is 16.0 Å². The Morgan fingerprint density at radius 1 is 1.18 bits per heavy atom. The normalized spacial score (nSPS) is 22.9. The van der Waals surface area contributed by atoms with Crippen molar-refractivity contribution in [3.63, 3.8) is 0 Å². The van der Waals surface area contributed by atoms with Gasteiger partial charge in [-0.2, -0.15) is 22.5 Å².